The van der Waals surface area contributed by atoms with Crippen LogP contribution in [0.1, 0.15) is 50.5 Å². The molecule has 0 bridgehead atoms. The van der Waals surface area contributed by atoms with Crippen molar-refractivity contribution in [3.8, 4) is 11.5 Å². The molecular weight excluding hydrogens is 354 g/mol. The van der Waals surface area contributed by atoms with E-state index >= 15 is 0 Å². The highest BCUT2D eigenvalue weighted by molar-refractivity contribution is 7.99. The predicted octanol–water partition coefficient (Wildman–Crippen LogP) is 6.27. The molecule has 144 valence electrons. The van der Waals surface area contributed by atoms with Crippen LogP contribution < -0.4 is 4.74 Å². The van der Waals surface area contributed by atoms with Crippen molar-refractivity contribution in [2.45, 2.75) is 44.9 Å². The summed E-state index contributed by atoms with van der Waals surface area (Å²) in [4.78, 5) is 15.2. The third-order valence-corrected chi connectivity index (χ3v) is 6.31. The van der Waals surface area contributed by atoms with Gasteiger partial charge < -0.3 is 9.64 Å². The van der Waals surface area contributed by atoms with Crippen LogP contribution >= 0.6 is 11.8 Å². The first-order valence-electron chi connectivity index (χ1n) is 9.97. The van der Waals surface area contributed by atoms with E-state index < -0.39 is 0 Å². The molecule has 1 aliphatic heterocycles. The molecule has 0 radical (unpaired) electrons. The van der Waals surface area contributed by atoms with Gasteiger partial charge in [0.1, 0.15) is 16.9 Å². The summed E-state index contributed by atoms with van der Waals surface area (Å²) in [5, 5.41) is 0.0903. The monoisotopic (exact) mass is 383 g/mol. The maximum absolute atomic E-state index is 13.1. The number of unbranched alkanes of at least 4 members (excludes halogenated alkanes) is 1. The van der Waals surface area contributed by atoms with Crippen molar-refractivity contribution in [3.05, 3.63) is 60.2 Å². The largest absolute Gasteiger partial charge is 0.457 e. The van der Waals surface area contributed by atoms with Crippen molar-refractivity contribution in [1.29, 1.82) is 0 Å². The zero-order valence-corrected chi connectivity index (χ0v) is 17.1. The van der Waals surface area contributed by atoms with E-state index in [1.54, 1.807) is 0 Å². The molecule has 2 atom stereocenters. The van der Waals surface area contributed by atoms with Crippen molar-refractivity contribution in [1.82, 2.24) is 4.90 Å². The van der Waals surface area contributed by atoms with Gasteiger partial charge in [0.05, 0.1) is 0 Å². The van der Waals surface area contributed by atoms with E-state index in [2.05, 4.69) is 30.9 Å². The average Bonchev–Trinajstić information content (AvgIpc) is 3.19. The molecule has 1 saturated heterocycles. The van der Waals surface area contributed by atoms with Gasteiger partial charge in [-0.15, -0.1) is 11.8 Å². The molecule has 27 heavy (non-hydrogen) atoms. The highest BCUT2D eigenvalue weighted by Crippen LogP contribution is 2.40. The lowest BCUT2D eigenvalue weighted by molar-refractivity contribution is -0.136. The van der Waals surface area contributed by atoms with Crippen molar-refractivity contribution < 1.29 is 9.53 Å². The fourth-order valence-electron chi connectivity index (χ4n) is 3.52. The Morgan fingerprint density at radius 2 is 1.93 bits per heavy atom. The molecule has 2 aromatic rings. The van der Waals surface area contributed by atoms with Crippen LogP contribution in [0.15, 0.2) is 54.6 Å². The Hall–Kier alpha value is -1.94. The van der Waals surface area contributed by atoms with Crippen LogP contribution in [0.4, 0.5) is 0 Å². The maximum Gasteiger partial charge on any atom is 0.226 e. The van der Waals surface area contributed by atoms with Crippen LogP contribution in [-0.2, 0) is 4.79 Å². The number of hydrogen-bond donors (Lipinski definition) is 0. The lowest BCUT2D eigenvalue weighted by atomic mass is 9.97. The third-order valence-electron chi connectivity index (χ3n) is 5.04. The normalized spacial score (nSPS) is 17.7. The minimum Gasteiger partial charge on any atom is -0.457 e. The quantitative estimate of drug-likeness (QED) is 0.538. The lowest BCUT2D eigenvalue weighted by Gasteiger charge is -2.28. The Morgan fingerprint density at radius 1 is 1.15 bits per heavy atom. The average molecular weight is 384 g/mol. The summed E-state index contributed by atoms with van der Waals surface area (Å²) in [6.07, 6.45) is 4.18. The molecule has 1 amide bonds. The summed E-state index contributed by atoms with van der Waals surface area (Å²) < 4.78 is 5.98. The first-order chi connectivity index (χ1) is 13.2. The molecule has 0 saturated carbocycles. The van der Waals surface area contributed by atoms with Crippen LogP contribution in [0.25, 0.3) is 0 Å². The summed E-state index contributed by atoms with van der Waals surface area (Å²) in [6, 6.07) is 18.0. The number of thioether (sulfide) groups is 1. The zero-order chi connectivity index (χ0) is 19.1. The van der Waals surface area contributed by atoms with E-state index in [1.165, 1.54) is 0 Å². The number of para-hydroxylation sites is 1. The van der Waals surface area contributed by atoms with Gasteiger partial charge in [0, 0.05) is 18.2 Å². The standard InChI is InChI=1S/C23H29NO2S/c1-3-5-10-18(4-2)22(25)24-15-16-27-23(24)19-11-9-14-21(17-19)26-20-12-7-6-8-13-20/h6-9,11-14,17-18,23H,3-5,10,15-16H2,1-2H3/t18-,23+/m0/s1. The second-order valence-electron chi connectivity index (χ2n) is 6.99. The second kappa shape index (κ2) is 9.84. The molecule has 3 nitrogen and oxygen atoms in total. The van der Waals surface area contributed by atoms with Gasteiger partial charge in [-0.1, -0.05) is 57.0 Å². The Morgan fingerprint density at radius 3 is 2.67 bits per heavy atom. The number of nitrogens with zero attached hydrogens (tertiary/aromatic N) is 1. The molecule has 1 aliphatic rings. The van der Waals surface area contributed by atoms with E-state index in [4.69, 9.17) is 4.74 Å². The van der Waals surface area contributed by atoms with Crippen molar-refractivity contribution >= 4 is 17.7 Å². The molecule has 3 rings (SSSR count). The summed E-state index contributed by atoms with van der Waals surface area (Å²) >= 11 is 1.85. The molecule has 4 heteroatoms. The molecular formula is C23H29NO2S. The van der Waals surface area contributed by atoms with Gasteiger partial charge in [0.2, 0.25) is 5.91 Å². The van der Waals surface area contributed by atoms with Gasteiger partial charge in [-0.05, 0) is 42.7 Å². The number of benzene rings is 2. The van der Waals surface area contributed by atoms with E-state index in [9.17, 15) is 4.79 Å². The van der Waals surface area contributed by atoms with Gasteiger partial charge >= 0.3 is 0 Å². The van der Waals surface area contributed by atoms with Crippen LogP contribution in [0.3, 0.4) is 0 Å². The number of hydrogen-bond acceptors (Lipinski definition) is 3. The highest BCUT2D eigenvalue weighted by Gasteiger charge is 2.33. The van der Waals surface area contributed by atoms with E-state index in [1.807, 2.05) is 54.2 Å². The SMILES string of the molecule is CCCC[C@H](CC)C(=O)N1CCS[C@@H]1c1cccc(Oc2ccccc2)c1. The molecule has 0 aromatic heterocycles. The second-order valence-corrected chi connectivity index (χ2v) is 8.18. The Bertz CT molecular complexity index is 734. The number of carbonyl (C=O) groups is 1. The molecule has 1 fully saturated rings. The van der Waals surface area contributed by atoms with Crippen LogP contribution in [0.5, 0.6) is 11.5 Å². The molecule has 2 aromatic carbocycles. The van der Waals surface area contributed by atoms with Gasteiger partial charge in [0.15, 0.2) is 0 Å². The minimum atomic E-state index is 0.0903. The summed E-state index contributed by atoms with van der Waals surface area (Å²) in [6.45, 7) is 5.15. The van der Waals surface area contributed by atoms with Crippen molar-refractivity contribution in [2.75, 3.05) is 12.3 Å². The first kappa shape index (κ1) is 19.8. The molecule has 1 heterocycles. The van der Waals surface area contributed by atoms with Gasteiger partial charge in [0.25, 0.3) is 0 Å². The Labute approximate surface area is 167 Å². The van der Waals surface area contributed by atoms with Crippen LogP contribution in [0, 0.1) is 5.92 Å². The fourth-order valence-corrected chi connectivity index (χ4v) is 4.77. The van der Waals surface area contributed by atoms with Gasteiger partial charge in [-0.2, -0.15) is 0 Å². The molecule has 0 N–H and O–H groups in total. The summed E-state index contributed by atoms with van der Waals surface area (Å²) in [5.41, 5.74) is 1.14. The topological polar surface area (TPSA) is 29.5 Å². The molecule has 0 unspecified atom stereocenters. The summed E-state index contributed by atoms with van der Waals surface area (Å²) in [7, 11) is 0. The van der Waals surface area contributed by atoms with Crippen LogP contribution in [0.2, 0.25) is 0 Å². The predicted molar refractivity (Wildman–Crippen MR) is 113 cm³/mol. The number of carbonyl (C=O) groups excluding carboxylic acids is 1. The first-order valence-corrected chi connectivity index (χ1v) is 11.0. The Kier molecular flexibility index (Phi) is 7.22. The zero-order valence-electron chi connectivity index (χ0n) is 16.3. The van der Waals surface area contributed by atoms with Crippen molar-refractivity contribution in [2.24, 2.45) is 5.92 Å². The smallest absolute Gasteiger partial charge is 0.226 e. The highest BCUT2D eigenvalue weighted by atomic mass is 32.2. The number of amides is 1. The van der Waals surface area contributed by atoms with E-state index in [0.29, 0.717) is 5.91 Å². The van der Waals surface area contributed by atoms with E-state index in [0.717, 1.165) is 55.0 Å². The lowest BCUT2D eigenvalue weighted by Crippen LogP contribution is -2.35. The van der Waals surface area contributed by atoms with Crippen LogP contribution in [-0.4, -0.2) is 23.1 Å². The van der Waals surface area contributed by atoms with Gasteiger partial charge in [-0.3, -0.25) is 4.79 Å². The fraction of sp³-hybridized carbons (Fsp3) is 0.435. The Balaban J connectivity index is 1.74. The minimum absolute atomic E-state index is 0.0903. The molecule has 0 spiro atoms. The van der Waals surface area contributed by atoms with E-state index in [-0.39, 0.29) is 11.3 Å². The van der Waals surface area contributed by atoms with Gasteiger partial charge in [-0.25, -0.2) is 0 Å². The maximum atomic E-state index is 13.1. The molecule has 0 aliphatic carbocycles. The summed E-state index contributed by atoms with van der Waals surface area (Å²) in [5.74, 6) is 3.10. The van der Waals surface area contributed by atoms with Crippen molar-refractivity contribution in [3.63, 3.8) is 0 Å². The number of ether oxygens (including phenoxy) is 1. The number of rotatable bonds is 8. The third kappa shape index (κ3) is 5.07.